The van der Waals surface area contributed by atoms with E-state index in [0.717, 1.165) is 0 Å². The number of carbonyl (C=O) groups is 1. The largest absolute Gasteiger partial charge is 0.497 e. The first kappa shape index (κ1) is 15.2. The number of ether oxygens (including phenoxy) is 2. The van der Waals surface area contributed by atoms with E-state index in [0.29, 0.717) is 17.1 Å². The lowest BCUT2D eigenvalue weighted by molar-refractivity contribution is 0.0949. The van der Waals surface area contributed by atoms with Gasteiger partial charge in [-0.2, -0.15) is 10.2 Å². The van der Waals surface area contributed by atoms with E-state index in [-0.39, 0.29) is 11.3 Å². The van der Waals surface area contributed by atoms with Gasteiger partial charge in [0.1, 0.15) is 11.5 Å². The normalized spacial score (nSPS) is 10.5. The van der Waals surface area contributed by atoms with E-state index in [4.69, 9.17) is 9.47 Å². The standard InChI is InChI=1S/C14H14N4O4/c1-21-10-4-3-9(12(7-10)22-2)8-15-18-14(20)11-5-6-13(19)17-16-11/h3-8H,1-2H3,(H,17,19)(H,18,20)/b15-8-. The van der Waals surface area contributed by atoms with E-state index in [1.807, 2.05) is 0 Å². The number of rotatable bonds is 5. The summed E-state index contributed by atoms with van der Waals surface area (Å²) in [6.45, 7) is 0. The van der Waals surface area contributed by atoms with E-state index in [1.165, 1.54) is 25.5 Å². The number of benzene rings is 1. The van der Waals surface area contributed by atoms with Crippen molar-refractivity contribution in [2.45, 2.75) is 0 Å². The van der Waals surface area contributed by atoms with Gasteiger partial charge in [0, 0.05) is 17.7 Å². The van der Waals surface area contributed by atoms with Crippen molar-refractivity contribution in [1.29, 1.82) is 0 Å². The summed E-state index contributed by atoms with van der Waals surface area (Å²) in [5.41, 5.74) is 2.64. The van der Waals surface area contributed by atoms with Crippen molar-refractivity contribution in [3.05, 3.63) is 51.9 Å². The number of hydrogen-bond acceptors (Lipinski definition) is 6. The maximum atomic E-state index is 11.7. The summed E-state index contributed by atoms with van der Waals surface area (Å²) in [6.07, 6.45) is 1.43. The Hall–Kier alpha value is -3.16. The smallest absolute Gasteiger partial charge is 0.291 e. The number of H-pyrrole nitrogens is 1. The lowest BCUT2D eigenvalue weighted by Crippen LogP contribution is -2.21. The fraction of sp³-hybridized carbons (Fsp3) is 0.143. The number of hydrogen-bond donors (Lipinski definition) is 2. The monoisotopic (exact) mass is 302 g/mol. The van der Waals surface area contributed by atoms with E-state index >= 15 is 0 Å². The van der Waals surface area contributed by atoms with Crippen LogP contribution in [0.1, 0.15) is 16.1 Å². The maximum absolute atomic E-state index is 11.7. The highest BCUT2D eigenvalue weighted by Gasteiger charge is 2.06. The molecule has 8 heteroatoms. The van der Waals surface area contributed by atoms with Crippen LogP contribution in [-0.2, 0) is 0 Å². The first-order chi connectivity index (χ1) is 10.6. The van der Waals surface area contributed by atoms with Crippen molar-refractivity contribution in [2.75, 3.05) is 14.2 Å². The number of methoxy groups -OCH3 is 2. The second-order valence-corrected chi connectivity index (χ2v) is 4.11. The van der Waals surface area contributed by atoms with Crippen LogP contribution >= 0.6 is 0 Å². The van der Waals surface area contributed by atoms with Gasteiger partial charge in [0.05, 0.1) is 20.4 Å². The molecular weight excluding hydrogens is 288 g/mol. The Kier molecular flexibility index (Phi) is 4.86. The third-order valence-corrected chi connectivity index (χ3v) is 2.72. The number of nitrogens with one attached hydrogen (secondary N) is 2. The van der Waals surface area contributed by atoms with Gasteiger partial charge in [0.2, 0.25) is 0 Å². The summed E-state index contributed by atoms with van der Waals surface area (Å²) in [4.78, 5) is 22.6. The molecule has 0 aliphatic carbocycles. The third kappa shape index (κ3) is 3.69. The Morgan fingerprint density at radius 3 is 2.73 bits per heavy atom. The summed E-state index contributed by atoms with van der Waals surface area (Å²) < 4.78 is 10.3. The highest BCUT2D eigenvalue weighted by Crippen LogP contribution is 2.22. The van der Waals surface area contributed by atoms with Crippen molar-refractivity contribution >= 4 is 12.1 Å². The van der Waals surface area contributed by atoms with Crippen LogP contribution in [0.4, 0.5) is 0 Å². The lowest BCUT2D eigenvalue weighted by Gasteiger charge is -2.06. The molecule has 0 atom stereocenters. The third-order valence-electron chi connectivity index (χ3n) is 2.72. The van der Waals surface area contributed by atoms with Gasteiger partial charge >= 0.3 is 0 Å². The van der Waals surface area contributed by atoms with Crippen molar-refractivity contribution in [2.24, 2.45) is 5.10 Å². The zero-order chi connectivity index (χ0) is 15.9. The second kappa shape index (κ2) is 7.02. The molecule has 22 heavy (non-hydrogen) atoms. The van der Waals surface area contributed by atoms with Gasteiger partial charge in [-0.1, -0.05) is 0 Å². The molecule has 0 aliphatic heterocycles. The summed E-state index contributed by atoms with van der Waals surface area (Å²) in [7, 11) is 3.08. The molecule has 1 aromatic heterocycles. The minimum absolute atomic E-state index is 0.0541. The highest BCUT2D eigenvalue weighted by atomic mass is 16.5. The van der Waals surface area contributed by atoms with Crippen LogP contribution in [0.15, 0.2) is 40.2 Å². The Labute approximate surface area is 125 Å². The van der Waals surface area contributed by atoms with Crippen LogP contribution in [-0.4, -0.2) is 36.5 Å². The van der Waals surface area contributed by atoms with Gasteiger partial charge < -0.3 is 9.47 Å². The Balaban J connectivity index is 2.07. The van der Waals surface area contributed by atoms with Gasteiger partial charge in [-0.25, -0.2) is 10.5 Å². The van der Waals surface area contributed by atoms with E-state index < -0.39 is 5.91 Å². The van der Waals surface area contributed by atoms with E-state index in [2.05, 4.69) is 20.7 Å². The molecule has 114 valence electrons. The summed E-state index contributed by atoms with van der Waals surface area (Å²) in [6, 6.07) is 7.70. The number of hydrazone groups is 1. The molecular formula is C14H14N4O4. The highest BCUT2D eigenvalue weighted by molar-refractivity contribution is 5.93. The zero-order valence-corrected chi connectivity index (χ0v) is 12.0. The Bertz CT molecular complexity index is 734. The van der Waals surface area contributed by atoms with E-state index in [9.17, 15) is 9.59 Å². The number of carbonyl (C=O) groups excluding carboxylic acids is 1. The SMILES string of the molecule is COc1ccc(/C=N\NC(=O)c2ccc(=O)[nH]n2)c(OC)c1. The average Bonchev–Trinajstić information content (AvgIpc) is 2.55. The fourth-order valence-electron chi connectivity index (χ4n) is 1.61. The topological polar surface area (TPSA) is 106 Å². The number of aromatic nitrogens is 2. The zero-order valence-electron chi connectivity index (χ0n) is 12.0. The predicted molar refractivity (Wildman–Crippen MR) is 79.5 cm³/mol. The quantitative estimate of drug-likeness (QED) is 0.620. The van der Waals surface area contributed by atoms with Gasteiger partial charge in [-0.3, -0.25) is 9.59 Å². The molecule has 2 rings (SSSR count). The molecule has 0 bridgehead atoms. The predicted octanol–water partition coefficient (Wildman–Crippen LogP) is 0.551. The summed E-state index contributed by atoms with van der Waals surface area (Å²) in [5, 5.41) is 9.59. The molecule has 0 unspecified atom stereocenters. The van der Waals surface area contributed by atoms with Crippen molar-refractivity contribution < 1.29 is 14.3 Å². The molecule has 0 saturated heterocycles. The van der Waals surface area contributed by atoms with Crippen LogP contribution in [0.25, 0.3) is 0 Å². The van der Waals surface area contributed by atoms with Crippen molar-refractivity contribution in [1.82, 2.24) is 15.6 Å². The molecule has 0 saturated carbocycles. The fourth-order valence-corrected chi connectivity index (χ4v) is 1.61. The summed E-state index contributed by atoms with van der Waals surface area (Å²) >= 11 is 0. The van der Waals surface area contributed by atoms with Crippen molar-refractivity contribution in [3.63, 3.8) is 0 Å². The van der Waals surface area contributed by atoms with Gasteiger partial charge in [-0.15, -0.1) is 0 Å². The van der Waals surface area contributed by atoms with Crippen LogP contribution in [0.5, 0.6) is 11.5 Å². The van der Waals surface area contributed by atoms with Gasteiger partial charge in [-0.05, 0) is 18.2 Å². The molecule has 0 fully saturated rings. The van der Waals surface area contributed by atoms with Crippen LogP contribution in [0, 0.1) is 0 Å². The lowest BCUT2D eigenvalue weighted by atomic mass is 10.2. The molecule has 1 heterocycles. The number of nitrogens with zero attached hydrogens (tertiary/aromatic N) is 2. The second-order valence-electron chi connectivity index (χ2n) is 4.11. The Morgan fingerprint density at radius 2 is 2.09 bits per heavy atom. The molecule has 0 aliphatic rings. The molecule has 0 spiro atoms. The number of amides is 1. The molecule has 1 aromatic carbocycles. The number of aromatic amines is 1. The van der Waals surface area contributed by atoms with E-state index in [1.54, 1.807) is 25.3 Å². The maximum Gasteiger partial charge on any atom is 0.291 e. The van der Waals surface area contributed by atoms with Gasteiger partial charge in [0.25, 0.3) is 11.5 Å². The van der Waals surface area contributed by atoms with Crippen molar-refractivity contribution in [3.8, 4) is 11.5 Å². The van der Waals surface area contributed by atoms with Crippen LogP contribution < -0.4 is 20.5 Å². The Morgan fingerprint density at radius 1 is 1.27 bits per heavy atom. The molecule has 8 nitrogen and oxygen atoms in total. The molecule has 1 amide bonds. The first-order valence-electron chi connectivity index (χ1n) is 6.25. The molecule has 2 N–H and O–H groups in total. The minimum atomic E-state index is -0.542. The first-order valence-corrected chi connectivity index (χ1v) is 6.25. The van der Waals surface area contributed by atoms with Crippen LogP contribution in [0.3, 0.4) is 0 Å². The molecule has 0 radical (unpaired) electrons. The summed E-state index contributed by atoms with van der Waals surface area (Å²) in [5.74, 6) is 0.662. The molecule has 2 aromatic rings. The van der Waals surface area contributed by atoms with Gasteiger partial charge in [0.15, 0.2) is 5.69 Å². The van der Waals surface area contributed by atoms with Crippen LogP contribution in [0.2, 0.25) is 0 Å². The minimum Gasteiger partial charge on any atom is -0.497 e. The average molecular weight is 302 g/mol.